The zero-order valence-corrected chi connectivity index (χ0v) is 16.8. The van der Waals surface area contributed by atoms with E-state index in [0.717, 1.165) is 25.7 Å². The van der Waals surface area contributed by atoms with Gasteiger partial charge in [-0.3, -0.25) is 9.59 Å². The van der Waals surface area contributed by atoms with Crippen molar-refractivity contribution in [2.45, 2.75) is 43.4 Å². The minimum absolute atomic E-state index is 0.186. The standard InChI is InChI=1S/C24H22ClFO3/c25-24-12-15-9-16(13-24)11-23(10-15,14-24)22(28)29-20-7-3-18(4-8-20)21(27)17-1-5-19(26)6-2-17/h1-8,15-16H,9-14H2/t15-,16+,23?,24?. The fourth-order valence-corrected chi connectivity index (χ4v) is 6.74. The molecule has 0 saturated heterocycles. The number of alkyl halides is 1. The third kappa shape index (κ3) is 3.38. The molecule has 6 rings (SSSR count). The van der Waals surface area contributed by atoms with Gasteiger partial charge in [-0.15, -0.1) is 11.6 Å². The van der Waals surface area contributed by atoms with Gasteiger partial charge in [0.05, 0.1) is 5.41 Å². The van der Waals surface area contributed by atoms with Crippen LogP contribution in [0.2, 0.25) is 0 Å². The monoisotopic (exact) mass is 412 g/mol. The highest BCUT2D eigenvalue weighted by atomic mass is 35.5. The van der Waals surface area contributed by atoms with Gasteiger partial charge in [-0.25, -0.2) is 4.39 Å². The van der Waals surface area contributed by atoms with Crippen molar-refractivity contribution in [1.82, 2.24) is 0 Å². The van der Waals surface area contributed by atoms with Crippen LogP contribution in [-0.2, 0) is 4.79 Å². The molecule has 4 bridgehead atoms. The Morgan fingerprint density at radius 3 is 2.00 bits per heavy atom. The summed E-state index contributed by atoms with van der Waals surface area (Å²) in [5, 5.41) is 0. The molecule has 0 spiro atoms. The molecule has 0 heterocycles. The Labute approximate surface area is 174 Å². The number of hydrogen-bond acceptors (Lipinski definition) is 3. The number of halogens is 2. The molecule has 4 saturated carbocycles. The van der Waals surface area contributed by atoms with Crippen molar-refractivity contribution in [2.24, 2.45) is 17.3 Å². The molecular weight excluding hydrogens is 391 g/mol. The van der Waals surface area contributed by atoms with Crippen LogP contribution in [0.5, 0.6) is 5.75 Å². The second-order valence-electron chi connectivity index (χ2n) is 9.14. The zero-order valence-electron chi connectivity index (χ0n) is 16.0. The van der Waals surface area contributed by atoms with Gasteiger partial charge in [0.2, 0.25) is 0 Å². The van der Waals surface area contributed by atoms with Crippen molar-refractivity contribution in [3.63, 3.8) is 0 Å². The Morgan fingerprint density at radius 1 is 0.897 bits per heavy atom. The van der Waals surface area contributed by atoms with Gasteiger partial charge in [0, 0.05) is 16.0 Å². The number of benzene rings is 2. The van der Waals surface area contributed by atoms with E-state index >= 15 is 0 Å². The molecule has 4 aliphatic carbocycles. The minimum Gasteiger partial charge on any atom is -0.426 e. The summed E-state index contributed by atoms with van der Waals surface area (Å²) in [7, 11) is 0. The number of carbonyl (C=O) groups excluding carboxylic acids is 2. The summed E-state index contributed by atoms with van der Waals surface area (Å²) in [4.78, 5) is 25.4. The second-order valence-corrected chi connectivity index (χ2v) is 9.94. The quantitative estimate of drug-likeness (QED) is 0.286. The molecule has 29 heavy (non-hydrogen) atoms. The van der Waals surface area contributed by atoms with Crippen LogP contribution < -0.4 is 4.74 Å². The molecule has 0 radical (unpaired) electrons. The normalized spacial score (nSPS) is 32.2. The molecule has 4 atom stereocenters. The smallest absolute Gasteiger partial charge is 0.317 e. The second kappa shape index (κ2) is 6.66. The molecule has 150 valence electrons. The van der Waals surface area contributed by atoms with Gasteiger partial charge >= 0.3 is 5.97 Å². The summed E-state index contributed by atoms with van der Waals surface area (Å²) in [6, 6.07) is 12.0. The number of hydrogen-bond donors (Lipinski definition) is 0. The average molecular weight is 413 g/mol. The van der Waals surface area contributed by atoms with E-state index in [0.29, 0.717) is 35.1 Å². The Hall–Kier alpha value is -2.20. The third-order valence-electron chi connectivity index (χ3n) is 6.86. The van der Waals surface area contributed by atoms with Gasteiger partial charge in [-0.2, -0.15) is 0 Å². The molecule has 0 N–H and O–H groups in total. The van der Waals surface area contributed by atoms with Crippen molar-refractivity contribution >= 4 is 23.4 Å². The maximum Gasteiger partial charge on any atom is 0.317 e. The first kappa shape index (κ1) is 18.8. The topological polar surface area (TPSA) is 43.4 Å². The highest BCUT2D eigenvalue weighted by Crippen LogP contribution is 2.64. The van der Waals surface area contributed by atoms with E-state index < -0.39 is 5.41 Å². The van der Waals surface area contributed by atoms with Crippen LogP contribution in [0.3, 0.4) is 0 Å². The van der Waals surface area contributed by atoms with E-state index in [1.807, 2.05) is 0 Å². The molecule has 4 fully saturated rings. The lowest BCUT2D eigenvalue weighted by Gasteiger charge is -2.58. The van der Waals surface area contributed by atoms with Crippen LogP contribution in [0, 0.1) is 23.1 Å². The van der Waals surface area contributed by atoms with Crippen LogP contribution in [0.25, 0.3) is 0 Å². The van der Waals surface area contributed by atoms with Crippen molar-refractivity contribution < 1.29 is 18.7 Å². The molecule has 0 aromatic heterocycles. The molecule has 2 aromatic carbocycles. The maximum absolute atomic E-state index is 13.1. The van der Waals surface area contributed by atoms with E-state index in [9.17, 15) is 14.0 Å². The summed E-state index contributed by atoms with van der Waals surface area (Å²) in [6.45, 7) is 0. The van der Waals surface area contributed by atoms with Gasteiger partial charge in [-0.1, -0.05) is 0 Å². The van der Waals surface area contributed by atoms with Crippen LogP contribution in [0.15, 0.2) is 48.5 Å². The molecule has 3 nitrogen and oxygen atoms in total. The number of esters is 1. The van der Waals surface area contributed by atoms with Gasteiger partial charge in [-0.05, 0) is 98.9 Å². The lowest BCUT2D eigenvalue weighted by atomic mass is 9.49. The van der Waals surface area contributed by atoms with E-state index in [-0.39, 0.29) is 22.4 Å². The summed E-state index contributed by atoms with van der Waals surface area (Å²) >= 11 is 6.82. The summed E-state index contributed by atoms with van der Waals surface area (Å²) < 4.78 is 18.8. The Morgan fingerprint density at radius 2 is 1.45 bits per heavy atom. The van der Waals surface area contributed by atoms with Crippen LogP contribution in [-0.4, -0.2) is 16.6 Å². The lowest BCUT2D eigenvalue weighted by Crippen LogP contribution is -2.56. The first-order chi connectivity index (χ1) is 13.8. The third-order valence-corrected chi connectivity index (χ3v) is 7.30. The predicted molar refractivity (Wildman–Crippen MR) is 108 cm³/mol. The van der Waals surface area contributed by atoms with Gasteiger partial charge < -0.3 is 4.74 Å². The Balaban J connectivity index is 1.31. The Bertz CT molecular complexity index is 953. The predicted octanol–water partition coefficient (Wildman–Crippen LogP) is 5.54. The molecule has 2 unspecified atom stereocenters. The summed E-state index contributed by atoms with van der Waals surface area (Å²) in [6.07, 6.45) is 5.66. The van der Waals surface area contributed by atoms with Crippen LogP contribution in [0.4, 0.5) is 4.39 Å². The molecule has 5 heteroatoms. The van der Waals surface area contributed by atoms with E-state index in [1.54, 1.807) is 24.3 Å². The van der Waals surface area contributed by atoms with Crippen molar-refractivity contribution in [1.29, 1.82) is 0 Å². The highest BCUT2D eigenvalue weighted by Gasteiger charge is 2.60. The number of rotatable bonds is 4. The van der Waals surface area contributed by atoms with Crippen LogP contribution >= 0.6 is 11.6 Å². The molecule has 0 amide bonds. The summed E-state index contributed by atoms with van der Waals surface area (Å²) in [5.74, 6) is 0.716. The van der Waals surface area contributed by atoms with E-state index in [1.165, 1.54) is 30.7 Å². The lowest BCUT2D eigenvalue weighted by molar-refractivity contribution is -0.160. The number of carbonyl (C=O) groups is 2. The molecule has 2 aromatic rings. The van der Waals surface area contributed by atoms with E-state index in [2.05, 4.69) is 0 Å². The van der Waals surface area contributed by atoms with Gasteiger partial charge in [0.25, 0.3) is 0 Å². The average Bonchev–Trinajstić information content (AvgIpc) is 2.67. The minimum atomic E-state index is -0.464. The number of ether oxygens (including phenoxy) is 1. The zero-order chi connectivity index (χ0) is 20.2. The Kier molecular flexibility index (Phi) is 4.32. The van der Waals surface area contributed by atoms with Crippen molar-refractivity contribution in [3.05, 3.63) is 65.5 Å². The van der Waals surface area contributed by atoms with Gasteiger partial charge in [0.15, 0.2) is 5.78 Å². The van der Waals surface area contributed by atoms with Crippen molar-refractivity contribution in [2.75, 3.05) is 0 Å². The molecular formula is C24H22ClFO3. The number of ketones is 1. The highest BCUT2D eigenvalue weighted by molar-refractivity contribution is 6.24. The first-order valence-electron chi connectivity index (χ1n) is 10.2. The molecule has 4 aliphatic rings. The fraction of sp³-hybridized carbons (Fsp3) is 0.417. The largest absolute Gasteiger partial charge is 0.426 e. The maximum atomic E-state index is 13.1. The fourth-order valence-electron chi connectivity index (χ4n) is 6.05. The van der Waals surface area contributed by atoms with Crippen LogP contribution in [0.1, 0.15) is 54.4 Å². The van der Waals surface area contributed by atoms with E-state index in [4.69, 9.17) is 16.3 Å². The SMILES string of the molecule is O=C(c1ccc(F)cc1)c1ccc(OC(=O)C23C[C@@H]4C[C@@H](CC(Cl)(C4)C2)C3)cc1. The first-order valence-corrected chi connectivity index (χ1v) is 10.5. The van der Waals surface area contributed by atoms with Crippen molar-refractivity contribution in [3.8, 4) is 5.75 Å². The summed E-state index contributed by atoms with van der Waals surface area (Å²) in [5.41, 5.74) is 0.414. The molecule has 0 aliphatic heterocycles. The van der Waals surface area contributed by atoms with Gasteiger partial charge in [0.1, 0.15) is 11.6 Å².